The molecule has 2 rings (SSSR count). The molecule has 0 fully saturated rings. The van der Waals surface area contributed by atoms with E-state index < -0.39 is 0 Å². The molecule has 1 aromatic carbocycles. The topological polar surface area (TPSA) is 86.2 Å². The summed E-state index contributed by atoms with van der Waals surface area (Å²) in [5.74, 6) is -0.628. The molecule has 3 N–H and O–H groups in total. The molecule has 13 heavy (non-hydrogen) atoms. The molecule has 0 amide bonds. The summed E-state index contributed by atoms with van der Waals surface area (Å²) in [5, 5.41) is 18.5. The summed E-state index contributed by atoms with van der Waals surface area (Å²) < 4.78 is 0. The fourth-order valence-corrected chi connectivity index (χ4v) is 1.20. The molecule has 0 aliphatic rings. The molecule has 1 aromatic heterocycles. The number of rotatable bonds is 1. The average Bonchev–Trinajstić information content (AvgIpc) is 2.60. The van der Waals surface area contributed by atoms with Gasteiger partial charge in [0.15, 0.2) is 17.8 Å². The van der Waals surface area contributed by atoms with Gasteiger partial charge in [-0.25, -0.2) is 4.98 Å². The van der Waals surface area contributed by atoms with Gasteiger partial charge in [0.05, 0.1) is 6.33 Å². The second kappa shape index (κ2) is 2.48. The van der Waals surface area contributed by atoms with E-state index in [1.807, 2.05) is 0 Å². The predicted octanol–water partition coefficient (Wildman–Crippen LogP) is 0.787. The van der Waals surface area contributed by atoms with Crippen molar-refractivity contribution >= 4 is 17.3 Å². The fraction of sp³-hybridized carbons (Fsp3) is 0. The van der Waals surface area contributed by atoms with Gasteiger partial charge in [0.25, 0.3) is 0 Å². The zero-order valence-corrected chi connectivity index (χ0v) is 6.48. The lowest BCUT2D eigenvalue weighted by Gasteiger charge is -1.99. The van der Waals surface area contributed by atoms with Gasteiger partial charge >= 0.3 is 0 Å². The lowest BCUT2D eigenvalue weighted by atomic mass is 10.2. The van der Waals surface area contributed by atoms with Crippen LogP contribution in [0.25, 0.3) is 11.0 Å². The Morgan fingerprint density at radius 1 is 1.46 bits per heavy atom. The van der Waals surface area contributed by atoms with E-state index >= 15 is 0 Å². The molecule has 66 valence electrons. The Morgan fingerprint density at radius 3 is 2.92 bits per heavy atom. The molecule has 0 saturated heterocycles. The van der Waals surface area contributed by atoms with Crippen molar-refractivity contribution in [1.29, 1.82) is 0 Å². The van der Waals surface area contributed by atoms with Gasteiger partial charge in [0, 0.05) is 5.56 Å². The number of carbonyl (C=O) groups excluding carboxylic acids is 1. The highest BCUT2D eigenvalue weighted by molar-refractivity contribution is 5.98. The summed E-state index contributed by atoms with van der Waals surface area (Å²) in [6.45, 7) is 0. The van der Waals surface area contributed by atoms with Crippen molar-refractivity contribution in [2.75, 3.05) is 0 Å². The molecular weight excluding hydrogens is 172 g/mol. The number of imidazole rings is 1. The lowest BCUT2D eigenvalue weighted by Crippen LogP contribution is -1.83. The van der Waals surface area contributed by atoms with Crippen molar-refractivity contribution in [1.82, 2.24) is 9.97 Å². The number of nitrogens with one attached hydrogen (secondary N) is 1. The first-order chi connectivity index (χ1) is 6.24. The van der Waals surface area contributed by atoms with Crippen molar-refractivity contribution in [3.05, 3.63) is 18.0 Å². The van der Waals surface area contributed by atoms with E-state index in [4.69, 9.17) is 0 Å². The summed E-state index contributed by atoms with van der Waals surface area (Å²) in [7, 11) is 0. The lowest BCUT2D eigenvalue weighted by molar-refractivity contribution is 0.112. The summed E-state index contributed by atoms with van der Waals surface area (Å²) >= 11 is 0. The van der Waals surface area contributed by atoms with Crippen LogP contribution in [0.3, 0.4) is 0 Å². The number of aromatic nitrogens is 2. The highest BCUT2D eigenvalue weighted by atomic mass is 16.3. The van der Waals surface area contributed by atoms with E-state index in [1.165, 1.54) is 12.4 Å². The van der Waals surface area contributed by atoms with Crippen LogP contribution >= 0.6 is 0 Å². The minimum absolute atomic E-state index is 0.242. The Balaban J connectivity index is 2.95. The number of aromatic hydroxyl groups is 2. The molecule has 0 saturated carbocycles. The van der Waals surface area contributed by atoms with Crippen LogP contribution in [0.5, 0.6) is 11.5 Å². The first-order valence-corrected chi connectivity index (χ1v) is 3.57. The number of hydrogen-bond acceptors (Lipinski definition) is 4. The molecular formula is C8H6N2O3. The number of aldehydes is 1. The molecule has 0 aliphatic heterocycles. The average molecular weight is 178 g/mol. The molecule has 2 aromatic rings. The Kier molecular flexibility index (Phi) is 1.45. The second-order valence-electron chi connectivity index (χ2n) is 2.58. The first kappa shape index (κ1) is 7.60. The number of fused-ring (bicyclic) bond motifs is 1. The van der Waals surface area contributed by atoms with Crippen molar-refractivity contribution < 1.29 is 15.0 Å². The summed E-state index contributed by atoms with van der Waals surface area (Å²) in [6, 6.07) is 1.17. The van der Waals surface area contributed by atoms with Crippen molar-refractivity contribution in [2.24, 2.45) is 0 Å². The number of phenols is 2. The molecule has 0 unspecified atom stereocenters. The van der Waals surface area contributed by atoms with Crippen LogP contribution in [-0.4, -0.2) is 26.5 Å². The van der Waals surface area contributed by atoms with E-state index in [1.54, 1.807) is 0 Å². The number of benzene rings is 1. The monoisotopic (exact) mass is 178 g/mol. The third kappa shape index (κ3) is 0.936. The van der Waals surface area contributed by atoms with Crippen molar-refractivity contribution in [3.8, 4) is 11.5 Å². The fourth-order valence-electron chi connectivity index (χ4n) is 1.20. The molecule has 5 heteroatoms. The van der Waals surface area contributed by atoms with Crippen molar-refractivity contribution in [3.63, 3.8) is 0 Å². The van der Waals surface area contributed by atoms with Gasteiger partial charge in [-0.05, 0) is 6.07 Å². The third-order valence-electron chi connectivity index (χ3n) is 1.81. The van der Waals surface area contributed by atoms with Crippen LogP contribution in [0, 0.1) is 0 Å². The minimum atomic E-state index is -0.334. The number of carbonyl (C=O) groups is 1. The summed E-state index contributed by atoms with van der Waals surface area (Å²) in [4.78, 5) is 17.0. The molecule has 0 aliphatic carbocycles. The quantitative estimate of drug-likeness (QED) is 0.445. The van der Waals surface area contributed by atoms with Gasteiger partial charge in [-0.3, -0.25) is 4.79 Å². The van der Waals surface area contributed by atoms with Crippen LogP contribution in [0.15, 0.2) is 12.4 Å². The van der Waals surface area contributed by atoms with Gasteiger partial charge in [-0.1, -0.05) is 0 Å². The molecule has 0 spiro atoms. The number of H-pyrrole nitrogens is 1. The second-order valence-corrected chi connectivity index (χ2v) is 2.58. The number of aromatic amines is 1. The number of hydrogen-bond donors (Lipinski definition) is 3. The molecule has 0 bridgehead atoms. The Labute approximate surface area is 72.7 Å². The highest BCUT2D eigenvalue weighted by Crippen LogP contribution is 2.33. The Hall–Kier alpha value is -2.04. The molecule has 5 nitrogen and oxygen atoms in total. The smallest absolute Gasteiger partial charge is 0.183 e. The van der Waals surface area contributed by atoms with Crippen LogP contribution in [0.4, 0.5) is 0 Å². The molecule has 1 heterocycles. The van der Waals surface area contributed by atoms with E-state index in [0.29, 0.717) is 11.8 Å². The number of nitrogens with zero attached hydrogens (tertiary/aromatic N) is 1. The largest absolute Gasteiger partial charge is 0.504 e. The molecule has 0 atom stereocenters. The maximum absolute atomic E-state index is 10.5. The summed E-state index contributed by atoms with van der Waals surface area (Å²) in [6.07, 6.45) is 1.92. The minimum Gasteiger partial charge on any atom is -0.504 e. The van der Waals surface area contributed by atoms with Crippen LogP contribution in [0.1, 0.15) is 10.4 Å². The van der Waals surface area contributed by atoms with Crippen LogP contribution in [-0.2, 0) is 0 Å². The predicted molar refractivity (Wildman–Crippen MR) is 44.8 cm³/mol. The van der Waals surface area contributed by atoms with E-state index in [2.05, 4.69) is 9.97 Å². The van der Waals surface area contributed by atoms with Gasteiger partial charge in [0.1, 0.15) is 11.0 Å². The standard InChI is InChI=1S/C8H6N2O3/c11-2-4-1-5(12)8(13)7-6(4)9-3-10-7/h1-3,12-13H,(H,9,10). The Morgan fingerprint density at radius 2 is 2.23 bits per heavy atom. The van der Waals surface area contributed by atoms with Crippen molar-refractivity contribution in [2.45, 2.75) is 0 Å². The third-order valence-corrected chi connectivity index (χ3v) is 1.81. The maximum Gasteiger partial charge on any atom is 0.183 e. The molecule has 0 radical (unpaired) electrons. The zero-order chi connectivity index (χ0) is 9.42. The van der Waals surface area contributed by atoms with Gasteiger partial charge in [0.2, 0.25) is 0 Å². The van der Waals surface area contributed by atoms with Crippen LogP contribution in [0.2, 0.25) is 0 Å². The zero-order valence-electron chi connectivity index (χ0n) is 6.48. The summed E-state index contributed by atoms with van der Waals surface area (Å²) in [5.41, 5.74) is 0.860. The van der Waals surface area contributed by atoms with E-state index in [9.17, 15) is 15.0 Å². The van der Waals surface area contributed by atoms with Crippen LogP contribution < -0.4 is 0 Å². The normalized spacial score (nSPS) is 10.5. The van der Waals surface area contributed by atoms with E-state index in [-0.39, 0.29) is 22.6 Å². The van der Waals surface area contributed by atoms with Gasteiger partial charge < -0.3 is 15.2 Å². The number of phenolic OH excluding ortho intramolecular Hbond substituents is 2. The Bertz CT molecular complexity index is 475. The highest BCUT2D eigenvalue weighted by Gasteiger charge is 2.11. The first-order valence-electron chi connectivity index (χ1n) is 3.57. The maximum atomic E-state index is 10.5. The van der Waals surface area contributed by atoms with Gasteiger partial charge in [-0.2, -0.15) is 0 Å². The van der Waals surface area contributed by atoms with Gasteiger partial charge in [-0.15, -0.1) is 0 Å². The van der Waals surface area contributed by atoms with E-state index in [0.717, 1.165) is 0 Å². The SMILES string of the molecule is O=Cc1cc(O)c(O)c2[nH]cnc12.